The summed E-state index contributed by atoms with van der Waals surface area (Å²) in [7, 11) is 1.86. The van der Waals surface area contributed by atoms with Crippen LogP contribution in [0.2, 0.25) is 0 Å². The van der Waals surface area contributed by atoms with Gasteiger partial charge < -0.3 is 9.80 Å². The van der Waals surface area contributed by atoms with Gasteiger partial charge in [0.1, 0.15) is 6.04 Å². The number of aryl methyl sites for hydroxylation is 1. The second-order valence-electron chi connectivity index (χ2n) is 7.08. The zero-order valence-corrected chi connectivity index (χ0v) is 15.1. The summed E-state index contributed by atoms with van der Waals surface area (Å²) in [4.78, 5) is 30.4. The average molecular weight is 334 g/mol. The van der Waals surface area contributed by atoms with Crippen LogP contribution in [0, 0.1) is 18.8 Å². The molecular weight excluding hydrogens is 308 g/mol. The third-order valence-electron chi connectivity index (χ3n) is 5.22. The summed E-state index contributed by atoms with van der Waals surface area (Å²) in [5.41, 5.74) is 1.23. The Kier molecular flexibility index (Phi) is 4.76. The van der Waals surface area contributed by atoms with E-state index in [1.807, 2.05) is 11.9 Å². The maximum atomic E-state index is 12.9. The van der Waals surface area contributed by atoms with Crippen molar-refractivity contribution in [1.82, 2.24) is 9.80 Å². The van der Waals surface area contributed by atoms with E-state index in [4.69, 9.17) is 0 Å². The molecule has 2 fully saturated rings. The summed E-state index contributed by atoms with van der Waals surface area (Å²) in [5.74, 6) is 0.954. The molecule has 0 radical (unpaired) electrons. The highest BCUT2D eigenvalue weighted by Gasteiger charge is 2.45. The van der Waals surface area contributed by atoms with Crippen molar-refractivity contribution in [2.45, 2.75) is 52.1 Å². The van der Waals surface area contributed by atoms with E-state index in [9.17, 15) is 9.59 Å². The normalized spacial score (nSPS) is 26.9. The molecule has 1 saturated carbocycles. The van der Waals surface area contributed by atoms with Crippen molar-refractivity contribution >= 4 is 23.2 Å². The van der Waals surface area contributed by atoms with E-state index < -0.39 is 0 Å². The summed E-state index contributed by atoms with van der Waals surface area (Å²) < 4.78 is 0. The number of hydrogen-bond donors (Lipinski definition) is 0. The van der Waals surface area contributed by atoms with E-state index in [-0.39, 0.29) is 23.8 Å². The minimum absolute atomic E-state index is 0.0964. The van der Waals surface area contributed by atoms with Crippen molar-refractivity contribution in [1.29, 1.82) is 0 Å². The number of thiophene rings is 1. The number of nitrogens with zero attached hydrogens (tertiary/aromatic N) is 2. The van der Waals surface area contributed by atoms with Crippen LogP contribution in [-0.4, -0.2) is 41.2 Å². The second kappa shape index (κ2) is 6.63. The standard InChI is InChI=1S/C18H26N2O2S/c1-12-7-9-23-16(12)11-19(3)18(22)15-6-4-5-8-20(15)17(21)14-10-13(14)2/h7,9,13-15H,4-6,8,10-11H2,1-3H3/t13-,14-,15-/m0/s1. The van der Waals surface area contributed by atoms with Gasteiger partial charge in [-0.25, -0.2) is 0 Å². The van der Waals surface area contributed by atoms with Gasteiger partial charge in [-0.05, 0) is 55.5 Å². The summed E-state index contributed by atoms with van der Waals surface area (Å²) in [6, 6.07) is 1.83. The highest BCUT2D eigenvalue weighted by Crippen LogP contribution is 2.40. The molecule has 1 aliphatic carbocycles. The molecule has 1 aliphatic heterocycles. The van der Waals surface area contributed by atoms with E-state index in [2.05, 4.69) is 25.3 Å². The average Bonchev–Trinajstić information content (AvgIpc) is 3.15. The Hall–Kier alpha value is -1.36. The van der Waals surface area contributed by atoms with Crippen molar-refractivity contribution in [3.8, 4) is 0 Å². The van der Waals surface area contributed by atoms with E-state index in [1.165, 1.54) is 10.4 Å². The van der Waals surface area contributed by atoms with Gasteiger partial charge in [-0.1, -0.05) is 6.92 Å². The zero-order chi connectivity index (χ0) is 16.6. The molecule has 2 aliphatic rings. The lowest BCUT2D eigenvalue weighted by Crippen LogP contribution is -2.52. The van der Waals surface area contributed by atoms with Gasteiger partial charge >= 0.3 is 0 Å². The van der Waals surface area contributed by atoms with Crippen LogP contribution in [0.15, 0.2) is 11.4 Å². The Morgan fingerprint density at radius 2 is 2.13 bits per heavy atom. The topological polar surface area (TPSA) is 40.6 Å². The van der Waals surface area contributed by atoms with Crippen LogP contribution in [0.4, 0.5) is 0 Å². The number of carbonyl (C=O) groups is 2. The number of likely N-dealkylation sites (N-methyl/N-ethyl adjacent to an activating group) is 1. The van der Waals surface area contributed by atoms with Crippen LogP contribution in [0.5, 0.6) is 0 Å². The van der Waals surface area contributed by atoms with Crippen molar-refractivity contribution in [3.63, 3.8) is 0 Å². The highest BCUT2D eigenvalue weighted by molar-refractivity contribution is 7.10. The minimum atomic E-state index is -0.255. The molecule has 23 heavy (non-hydrogen) atoms. The molecule has 0 aromatic carbocycles. The third kappa shape index (κ3) is 3.44. The molecule has 1 aromatic rings. The fourth-order valence-corrected chi connectivity index (χ4v) is 4.40. The van der Waals surface area contributed by atoms with Crippen LogP contribution in [0.3, 0.4) is 0 Å². The van der Waals surface area contributed by atoms with Crippen molar-refractivity contribution in [2.75, 3.05) is 13.6 Å². The predicted molar refractivity (Wildman–Crippen MR) is 92.2 cm³/mol. The van der Waals surface area contributed by atoms with Gasteiger partial charge in [-0.3, -0.25) is 9.59 Å². The predicted octanol–water partition coefficient (Wildman–Crippen LogP) is 3.05. The molecule has 2 heterocycles. The molecule has 2 amide bonds. The molecule has 126 valence electrons. The first kappa shape index (κ1) is 16.5. The van der Waals surface area contributed by atoms with Crippen LogP contribution >= 0.6 is 11.3 Å². The van der Waals surface area contributed by atoms with Gasteiger partial charge in [0.05, 0.1) is 6.54 Å². The largest absolute Gasteiger partial charge is 0.339 e. The number of hydrogen-bond acceptors (Lipinski definition) is 3. The lowest BCUT2D eigenvalue weighted by atomic mass is 10.00. The second-order valence-corrected chi connectivity index (χ2v) is 8.08. The molecule has 3 atom stereocenters. The SMILES string of the molecule is Cc1ccsc1CN(C)C(=O)[C@@H]1CCCCN1C(=O)[C@H]1C[C@@H]1C. The maximum absolute atomic E-state index is 12.9. The van der Waals surface area contributed by atoms with E-state index in [0.29, 0.717) is 12.5 Å². The third-order valence-corrected chi connectivity index (χ3v) is 6.23. The van der Waals surface area contributed by atoms with Gasteiger partial charge in [0, 0.05) is 24.4 Å². The molecule has 0 spiro atoms. The van der Waals surface area contributed by atoms with Gasteiger partial charge in [-0.15, -0.1) is 11.3 Å². The molecular formula is C18H26N2O2S. The van der Waals surface area contributed by atoms with Crippen molar-refractivity contribution < 1.29 is 9.59 Å². The first-order valence-corrected chi connectivity index (χ1v) is 9.45. The Bertz CT molecular complexity index is 598. The number of piperidine rings is 1. The molecule has 1 aromatic heterocycles. The summed E-state index contributed by atoms with van der Waals surface area (Å²) >= 11 is 1.69. The first-order chi connectivity index (χ1) is 11.0. The van der Waals surface area contributed by atoms with E-state index in [1.54, 1.807) is 16.2 Å². The smallest absolute Gasteiger partial charge is 0.245 e. The fraction of sp³-hybridized carbons (Fsp3) is 0.667. The molecule has 3 rings (SSSR count). The van der Waals surface area contributed by atoms with Crippen LogP contribution in [-0.2, 0) is 16.1 Å². The van der Waals surface area contributed by atoms with E-state index >= 15 is 0 Å². The Balaban J connectivity index is 1.68. The van der Waals surface area contributed by atoms with Gasteiger partial charge in [-0.2, -0.15) is 0 Å². The number of amides is 2. The molecule has 4 nitrogen and oxygen atoms in total. The molecule has 1 saturated heterocycles. The Morgan fingerprint density at radius 1 is 1.39 bits per heavy atom. The lowest BCUT2D eigenvalue weighted by molar-refractivity contribution is -0.148. The number of likely N-dealkylation sites (tertiary alicyclic amines) is 1. The molecule has 0 N–H and O–H groups in total. The van der Waals surface area contributed by atoms with E-state index in [0.717, 1.165) is 32.2 Å². The summed E-state index contributed by atoms with van der Waals surface area (Å²) in [6.45, 7) is 5.58. The van der Waals surface area contributed by atoms with Gasteiger partial charge in [0.15, 0.2) is 0 Å². The zero-order valence-electron chi connectivity index (χ0n) is 14.2. The summed E-state index contributed by atoms with van der Waals surface area (Å²) in [6.07, 6.45) is 3.84. The highest BCUT2D eigenvalue weighted by atomic mass is 32.1. The molecule has 5 heteroatoms. The van der Waals surface area contributed by atoms with Crippen LogP contribution in [0.25, 0.3) is 0 Å². The Morgan fingerprint density at radius 3 is 2.74 bits per heavy atom. The van der Waals surface area contributed by atoms with Crippen LogP contribution in [0.1, 0.15) is 43.0 Å². The van der Waals surface area contributed by atoms with Crippen molar-refractivity contribution in [2.24, 2.45) is 11.8 Å². The fourth-order valence-electron chi connectivity index (χ4n) is 3.45. The quantitative estimate of drug-likeness (QED) is 0.849. The van der Waals surface area contributed by atoms with Gasteiger partial charge in [0.25, 0.3) is 0 Å². The number of rotatable bonds is 4. The Labute approximate surface area is 142 Å². The van der Waals surface area contributed by atoms with Gasteiger partial charge in [0.2, 0.25) is 11.8 Å². The molecule has 0 bridgehead atoms. The summed E-state index contributed by atoms with van der Waals surface area (Å²) in [5, 5.41) is 2.06. The van der Waals surface area contributed by atoms with Crippen molar-refractivity contribution in [3.05, 3.63) is 21.9 Å². The maximum Gasteiger partial charge on any atom is 0.245 e. The minimum Gasteiger partial charge on any atom is -0.339 e. The first-order valence-electron chi connectivity index (χ1n) is 8.57. The monoisotopic (exact) mass is 334 g/mol. The lowest BCUT2D eigenvalue weighted by Gasteiger charge is -2.37. The molecule has 0 unspecified atom stereocenters. The number of carbonyl (C=O) groups excluding carboxylic acids is 2. The van der Waals surface area contributed by atoms with Crippen LogP contribution < -0.4 is 0 Å².